The normalized spacial score (nSPS) is 9.86. The minimum absolute atomic E-state index is 0.388. The maximum absolute atomic E-state index is 12.0. The number of ether oxygens (including phenoxy) is 2. The Hall–Kier alpha value is -2.40. The first-order chi connectivity index (χ1) is 10.1. The molecule has 0 saturated heterocycles. The van der Waals surface area contributed by atoms with Crippen LogP contribution in [0.4, 0.5) is 16.2 Å². The van der Waals surface area contributed by atoms with Gasteiger partial charge < -0.3 is 20.1 Å². The number of carbonyl (C=O) groups is 1. The molecule has 2 rings (SSSR count). The monoisotopic (exact) mass is 306 g/mol. The van der Waals surface area contributed by atoms with Gasteiger partial charge in [-0.25, -0.2) is 4.79 Å². The first-order valence-electron chi connectivity index (χ1n) is 6.18. The summed E-state index contributed by atoms with van der Waals surface area (Å²) in [5.74, 6) is 1.13. The molecule has 0 aliphatic carbocycles. The zero-order chi connectivity index (χ0) is 15.2. The molecule has 2 aromatic carbocycles. The molecule has 0 spiro atoms. The van der Waals surface area contributed by atoms with Crippen LogP contribution in [0.5, 0.6) is 11.5 Å². The average molecular weight is 307 g/mol. The van der Waals surface area contributed by atoms with Gasteiger partial charge in [-0.3, -0.25) is 0 Å². The average Bonchev–Trinajstić information content (AvgIpc) is 2.48. The summed E-state index contributed by atoms with van der Waals surface area (Å²) in [5, 5.41) is 5.82. The highest BCUT2D eigenvalue weighted by Crippen LogP contribution is 2.27. The van der Waals surface area contributed by atoms with Gasteiger partial charge in [-0.1, -0.05) is 23.7 Å². The highest BCUT2D eigenvalue weighted by Gasteiger charge is 2.08. The molecule has 0 saturated carbocycles. The second kappa shape index (κ2) is 6.85. The van der Waals surface area contributed by atoms with Crippen LogP contribution < -0.4 is 20.1 Å². The lowest BCUT2D eigenvalue weighted by Gasteiger charge is -2.11. The number of para-hydroxylation sites is 2. The number of urea groups is 1. The summed E-state index contributed by atoms with van der Waals surface area (Å²) in [7, 11) is 3.07. The molecule has 0 aliphatic heterocycles. The van der Waals surface area contributed by atoms with Crippen LogP contribution in [0.15, 0.2) is 42.5 Å². The lowest BCUT2D eigenvalue weighted by Crippen LogP contribution is -2.19. The summed E-state index contributed by atoms with van der Waals surface area (Å²) in [6.07, 6.45) is 0. The fraction of sp³-hybridized carbons (Fsp3) is 0.133. The number of carbonyl (C=O) groups excluding carboxylic acids is 1. The first kappa shape index (κ1) is 15.0. The zero-order valence-corrected chi connectivity index (χ0v) is 12.4. The summed E-state index contributed by atoms with van der Waals surface area (Å²) in [6.45, 7) is 0. The predicted octanol–water partition coefficient (Wildman–Crippen LogP) is 4.00. The smallest absolute Gasteiger partial charge is 0.323 e. The Bertz CT molecular complexity index is 647. The van der Waals surface area contributed by atoms with E-state index in [9.17, 15) is 4.79 Å². The van der Waals surface area contributed by atoms with Gasteiger partial charge in [0.25, 0.3) is 0 Å². The van der Waals surface area contributed by atoms with E-state index in [1.807, 2.05) is 12.1 Å². The number of hydrogen-bond donors (Lipinski definition) is 2. The minimum atomic E-state index is -0.388. The van der Waals surface area contributed by atoms with Gasteiger partial charge in [0, 0.05) is 5.69 Å². The molecule has 0 fully saturated rings. The summed E-state index contributed by atoms with van der Waals surface area (Å²) < 4.78 is 10.2. The van der Waals surface area contributed by atoms with Crippen molar-refractivity contribution in [2.75, 3.05) is 24.9 Å². The van der Waals surface area contributed by atoms with Crippen molar-refractivity contribution in [3.8, 4) is 11.5 Å². The number of methoxy groups -OCH3 is 2. The van der Waals surface area contributed by atoms with E-state index in [0.29, 0.717) is 27.9 Å². The van der Waals surface area contributed by atoms with Crippen molar-refractivity contribution in [3.05, 3.63) is 47.5 Å². The van der Waals surface area contributed by atoms with E-state index in [0.717, 1.165) is 0 Å². The third kappa shape index (κ3) is 3.79. The molecule has 0 aromatic heterocycles. The van der Waals surface area contributed by atoms with E-state index in [2.05, 4.69) is 10.6 Å². The molecule has 5 nitrogen and oxygen atoms in total. The molecule has 21 heavy (non-hydrogen) atoms. The molecule has 0 aliphatic rings. The third-order valence-electron chi connectivity index (χ3n) is 2.76. The van der Waals surface area contributed by atoms with Crippen LogP contribution >= 0.6 is 11.6 Å². The fourth-order valence-electron chi connectivity index (χ4n) is 1.78. The maximum atomic E-state index is 12.0. The molecule has 0 heterocycles. The second-order valence-corrected chi connectivity index (χ2v) is 4.54. The fourth-order valence-corrected chi connectivity index (χ4v) is 2.03. The van der Waals surface area contributed by atoms with E-state index in [1.54, 1.807) is 37.4 Å². The second-order valence-electron chi connectivity index (χ2n) is 4.13. The highest BCUT2D eigenvalue weighted by atomic mass is 35.5. The molecule has 0 unspecified atom stereocenters. The lowest BCUT2D eigenvalue weighted by molar-refractivity contribution is 0.262. The largest absolute Gasteiger partial charge is 0.495 e. The minimum Gasteiger partial charge on any atom is -0.495 e. The molecule has 2 N–H and O–H groups in total. The van der Waals surface area contributed by atoms with E-state index >= 15 is 0 Å². The highest BCUT2D eigenvalue weighted by molar-refractivity contribution is 6.32. The van der Waals surface area contributed by atoms with E-state index < -0.39 is 0 Å². The van der Waals surface area contributed by atoms with Gasteiger partial charge in [0.1, 0.15) is 11.5 Å². The Balaban J connectivity index is 2.06. The summed E-state index contributed by atoms with van der Waals surface area (Å²) in [6, 6.07) is 11.8. The van der Waals surface area contributed by atoms with E-state index in [1.165, 1.54) is 7.11 Å². The Morgan fingerprint density at radius 2 is 1.71 bits per heavy atom. The van der Waals surface area contributed by atoms with Crippen LogP contribution in [0, 0.1) is 0 Å². The van der Waals surface area contributed by atoms with Crippen molar-refractivity contribution in [2.45, 2.75) is 0 Å². The predicted molar refractivity (Wildman–Crippen MR) is 83.6 cm³/mol. The quantitative estimate of drug-likeness (QED) is 0.897. The third-order valence-corrected chi connectivity index (χ3v) is 3.06. The number of rotatable bonds is 4. The van der Waals surface area contributed by atoms with Crippen molar-refractivity contribution in [2.24, 2.45) is 0 Å². The number of amides is 2. The van der Waals surface area contributed by atoms with Crippen molar-refractivity contribution in [1.82, 2.24) is 0 Å². The molecule has 0 radical (unpaired) electrons. The zero-order valence-electron chi connectivity index (χ0n) is 11.6. The van der Waals surface area contributed by atoms with Gasteiger partial charge >= 0.3 is 6.03 Å². The number of halogens is 1. The molecular formula is C15H15ClN2O3. The summed E-state index contributed by atoms with van der Waals surface area (Å²) >= 11 is 6.00. The van der Waals surface area contributed by atoms with Crippen LogP contribution in [-0.4, -0.2) is 20.3 Å². The topological polar surface area (TPSA) is 59.6 Å². The van der Waals surface area contributed by atoms with Crippen molar-refractivity contribution in [1.29, 1.82) is 0 Å². The SMILES string of the molecule is COc1ccc(NC(=O)Nc2ccccc2OC)cc1Cl. The Labute approximate surface area is 127 Å². The van der Waals surface area contributed by atoms with Gasteiger partial charge in [-0.2, -0.15) is 0 Å². The molecule has 2 amide bonds. The van der Waals surface area contributed by atoms with Gasteiger partial charge in [-0.15, -0.1) is 0 Å². The maximum Gasteiger partial charge on any atom is 0.323 e. The van der Waals surface area contributed by atoms with Crippen molar-refractivity contribution in [3.63, 3.8) is 0 Å². The number of anilines is 2. The van der Waals surface area contributed by atoms with Crippen LogP contribution in [0.2, 0.25) is 5.02 Å². The van der Waals surface area contributed by atoms with Crippen LogP contribution in [0.1, 0.15) is 0 Å². The van der Waals surface area contributed by atoms with E-state index in [4.69, 9.17) is 21.1 Å². The van der Waals surface area contributed by atoms with Gasteiger partial charge in [-0.05, 0) is 30.3 Å². The summed E-state index contributed by atoms with van der Waals surface area (Å²) in [4.78, 5) is 12.0. The molecule has 0 atom stereocenters. The van der Waals surface area contributed by atoms with Gasteiger partial charge in [0.05, 0.1) is 24.9 Å². The lowest BCUT2D eigenvalue weighted by atomic mass is 10.3. The molecule has 110 valence electrons. The number of hydrogen-bond acceptors (Lipinski definition) is 3. The van der Waals surface area contributed by atoms with Crippen molar-refractivity contribution < 1.29 is 14.3 Å². The Kier molecular flexibility index (Phi) is 4.90. The van der Waals surface area contributed by atoms with Crippen LogP contribution in [0.25, 0.3) is 0 Å². The van der Waals surface area contributed by atoms with Crippen LogP contribution in [0.3, 0.4) is 0 Å². The Morgan fingerprint density at radius 3 is 2.38 bits per heavy atom. The van der Waals surface area contributed by atoms with Gasteiger partial charge in [0.15, 0.2) is 0 Å². The van der Waals surface area contributed by atoms with Crippen LogP contribution in [-0.2, 0) is 0 Å². The number of nitrogens with one attached hydrogen (secondary N) is 2. The van der Waals surface area contributed by atoms with E-state index in [-0.39, 0.29) is 6.03 Å². The number of benzene rings is 2. The molecule has 0 bridgehead atoms. The molecule has 2 aromatic rings. The standard InChI is InChI=1S/C15H15ClN2O3/c1-20-13-8-7-10(9-11(13)16)17-15(19)18-12-5-3-4-6-14(12)21-2/h3-9H,1-2H3,(H2,17,18,19). The summed E-state index contributed by atoms with van der Waals surface area (Å²) in [5.41, 5.74) is 1.14. The Morgan fingerprint density at radius 1 is 1.00 bits per heavy atom. The van der Waals surface area contributed by atoms with Gasteiger partial charge in [0.2, 0.25) is 0 Å². The molecule has 6 heteroatoms. The molecular weight excluding hydrogens is 292 g/mol. The first-order valence-corrected chi connectivity index (χ1v) is 6.56. The van der Waals surface area contributed by atoms with Crippen molar-refractivity contribution >= 4 is 29.0 Å².